The van der Waals surface area contributed by atoms with Gasteiger partial charge in [-0.2, -0.15) is 15.6 Å². The van der Waals surface area contributed by atoms with Gasteiger partial charge in [0, 0.05) is 19.2 Å². The molecule has 1 N–H and O–H groups in total. The molecular formula is C12H13N5. The molecule has 1 aromatic rings. The lowest BCUT2D eigenvalue weighted by molar-refractivity contribution is 0.554. The van der Waals surface area contributed by atoms with Crippen molar-refractivity contribution in [1.82, 2.24) is 10.4 Å². The van der Waals surface area contributed by atoms with Crippen LogP contribution in [0.5, 0.6) is 0 Å². The Bertz CT molecular complexity index is 426. The monoisotopic (exact) mass is 227 g/mol. The second kappa shape index (κ2) is 7.84. The predicted octanol–water partition coefficient (Wildman–Crippen LogP) is 1.45. The molecule has 0 bridgehead atoms. The summed E-state index contributed by atoms with van der Waals surface area (Å²) >= 11 is 0. The van der Waals surface area contributed by atoms with E-state index in [4.69, 9.17) is 10.5 Å². The normalized spacial score (nSPS) is 11.6. The largest absolute Gasteiger partial charge is 0.309 e. The first kappa shape index (κ1) is 12.7. The van der Waals surface area contributed by atoms with Crippen molar-refractivity contribution in [3.05, 3.63) is 30.1 Å². The third-order valence-corrected chi connectivity index (χ3v) is 2.10. The zero-order valence-electron chi connectivity index (χ0n) is 9.37. The van der Waals surface area contributed by atoms with Crippen LogP contribution in [0.25, 0.3) is 0 Å². The molecule has 1 unspecified atom stereocenters. The average molecular weight is 227 g/mol. The molecule has 1 heterocycles. The first-order chi connectivity index (χ1) is 8.36. The Morgan fingerprint density at radius 3 is 3.00 bits per heavy atom. The summed E-state index contributed by atoms with van der Waals surface area (Å²) in [7, 11) is 0. The number of nitriles is 2. The molecule has 0 aliphatic rings. The number of nitrogens with zero attached hydrogens (tertiary/aromatic N) is 4. The minimum Gasteiger partial charge on any atom is -0.309 e. The smallest absolute Gasteiger partial charge is 0.0830 e. The van der Waals surface area contributed by atoms with Crippen LogP contribution in [0.15, 0.2) is 29.5 Å². The molecule has 0 saturated heterocycles. The number of hydrogen-bond donors (Lipinski definition) is 1. The van der Waals surface area contributed by atoms with Crippen LogP contribution >= 0.6 is 0 Å². The van der Waals surface area contributed by atoms with Crippen LogP contribution in [-0.4, -0.2) is 17.7 Å². The molecule has 0 aromatic carbocycles. The van der Waals surface area contributed by atoms with E-state index in [0.29, 0.717) is 19.4 Å². The summed E-state index contributed by atoms with van der Waals surface area (Å²) in [4.78, 5) is 4.07. The van der Waals surface area contributed by atoms with Gasteiger partial charge in [0.05, 0.1) is 30.0 Å². The average Bonchev–Trinajstić information content (AvgIpc) is 2.39. The van der Waals surface area contributed by atoms with Gasteiger partial charge in [-0.05, 0) is 18.6 Å². The fraction of sp³-hybridized carbons (Fsp3) is 0.333. The first-order valence-electron chi connectivity index (χ1n) is 5.30. The van der Waals surface area contributed by atoms with E-state index in [9.17, 15) is 0 Å². The fourth-order valence-electron chi connectivity index (χ4n) is 1.18. The van der Waals surface area contributed by atoms with E-state index in [-0.39, 0.29) is 5.92 Å². The van der Waals surface area contributed by atoms with Gasteiger partial charge in [0.15, 0.2) is 0 Å². The van der Waals surface area contributed by atoms with Gasteiger partial charge in [-0.3, -0.25) is 4.98 Å². The highest BCUT2D eigenvalue weighted by atomic mass is 15.3. The lowest BCUT2D eigenvalue weighted by Crippen LogP contribution is -2.17. The van der Waals surface area contributed by atoms with Crippen molar-refractivity contribution < 1.29 is 0 Å². The second-order valence-corrected chi connectivity index (χ2v) is 3.40. The Morgan fingerprint density at radius 1 is 1.47 bits per heavy atom. The van der Waals surface area contributed by atoms with Crippen LogP contribution in [0.4, 0.5) is 0 Å². The maximum absolute atomic E-state index is 8.81. The molecule has 0 spiro atoms. The molecule has 0 radical (unpaired) electrons. The molecule has 86 valence electrons. The van der Waals surface area contributed by atoms with Crippen LogP contribution in [0.3, 0.4) is 0 Å². The van der Waals surface area contributed by atoms with Crippen LogP contribution in [0.2, 0.25) is 0 Å². The summed E-state index contributed by atoms with van der Waals surface area (Å²) in [5.74, 6) is -0.185. The third kappa shape index (κ3) is 5.29. The standard InChI is InChI=1S/C12H13N5/c13-6-3-4-11(8-14)9-16-17-10-12-5-1-2-7-15-12/h1-2,5,7,10-11,16H,3-4,9H2. The highest BCUT2D eigenvalue weighted by molar-refractivity contribution is 5.76. The molecule has 1 rings (SSSR count). The van der Waals surface area contributed by atoms with Gasteiger partial charge in [-0.15, -0.1) is 0 Å². The van der Waals surface area contributed by atoms with E-state index < -0.39 is 0 Å². The SMILES string of the molecule is N#CCCC(C#N)CNN=Cc1ccccn1. The third-order valence-electron chi connectivity index (χ3n) is 2.10. The zero-order chi connectivity index (χ0) is 12.3. The van der Waals surface area contributed by atoms with E-state index in [0.717, 1.165) is 5.69 Å². The lowest BCUT2D eigenvalue weighted by Gasteiger charge is -2.04. The Hall–Kier alpha value is -2.40. The van der Waals surface area contributed by atoms with Crippen molar-refractivity contribution in [3.8, 4) is 12.1 Å². The summed E-state index contributed by atoms with van der Waals surface area (Å²) in [5, 5.41) is 21.2. The number of aromatic nitrogens is 1. The molecular weight excluding hydrogens is 214 g/mol. The molecule has 0 fully saturated rings. The van der Waals surface area contributed by atoms with Crippen molar-refractivity contribution >= 4 is 6.21 Å². The Labute approximate surface area is 100 Å². The Morgan fingerprint density at radius 2 is 2.35 bits per heavy atom. The minimum atomic E-state index is -0.185. The topological polar surface area (TPSA) is 84.9 Å². The van der Waals surface area contributed by atoms with Crippen molar-refractivity contribution in [2.75, 3.05) is 6.54 Å². The number of nitrogens with one attached hydrogen (secondary N) is 1. The maximum atomic E-state index is 8.81. The second-order valence-electron chi connectivity index (χ2n) is 3.40. The maximum Gasteiger partial charge on any atom is 0.0830 e. The molecule has 0 aliphatic carbocycles. The highest BCUT2D eigenvalue weighted by Gasteiger charge is 2.05. The summed E-state index contributed by atoms with van der Waals surface area (Å²) in [5.41, 5.74) is 3.55. The number of rotatable bonds is 6. The quantitative estimate of drug-likeness (QED) is 0.588. The van der Waals surface area contributed by atoms with Crippen LogP contribution < -0.4 is 5.43 Å². The molecule has 1 atom stereocenters. The van der Waals surface area contributed by atoms with Crippen molar-refractivity contribution in [2.45, 2.75) is 12.8 Å². The Kier molecular flexibility index (Phi) is 5.84. The first-order valence-corrected chi connectivity index (χ1v) is 5.30. The molecule has 0 aliphatic heterocycles. The summed E-state index contributed by atoms with van der Waals surface area (Å²) in [6.07, 6.45) is 4.24. The zero-order valence-corrected chi connectivity index (χ0v) is 9.37. The van der Waals surface area contributed by atoms with E-state index >= 15 is 0 Å². The molecule has 5 heteroatoms. The highest BCUT2D eigenvalue weighted by Crippen LogP contribution is 2.02. The van der Waals surface area contributed by atoms with Gasteiger partial charge < -0.3 is 5.43 Å². The van der Waals surface area contributed by atoms with Gasteiger partial charge in [0.1, 0.15) is 0 Å². The Balaban J connectivity index is 2.30. The van der Waals surface area contributed by atoms with E-state index in [1.54, 1.807) is 12.4 Å². The van der Waals surface area contributed by atoms with Crippen molar-refractivity contribution in [2.24, 2.45) is 11.0 Å². The van der Waals surface area contributed by atoms with Gasteiger partial charge in [0.25, 0.3) is 0 Å². The van der Waals surface area contributed by atoms with E-state index in [2.05, 4.69) is 21.6 Å². The number of pyridine rings is 1. The van der Waals surface area contributed by atoms with Crippen LogP contribution in [0, 0.1) is 28.6 Å². The molecule has 17 heavy (non-hydrogen) atoms. The van der Waals surface area contributed by atoms with Crippen LogP contribution in [-0.2, 0) is 0 Å². The minimum absolute atomic E-state index is 0.185. The summed E-state index contributed by atoms with van der Waals surface area (Å²) in [6.45, 7) is 0.446. The molecule has 5 nitrogen and oxygen atoms in total. The van der Waals surface area contributed by atoms with E-state index in [1.807, 2.05) is 24.3 Å². The van der Waals surface area contributed by atoms with Gasteiger partial charge >= 0.3 is 0 Å². The predicted molar refractivity (Wildman–Crippen MR) is 63.8 cm³/mol. The van der Waals surface area contributed by atoms with E-state index in [1.165, 1.54) is 0 Å². The van der Waals surface area contributed by atoms with Crippen molar-refractivity contribution in [1.29, 1.82) is 10.5 Å². The molecule has 0 amide bonds. The lowest BCUT2D eigenvalue weighted by atomic mass is 10.1. The fourth-order valence-corrected chi connectivity index (χ4v) is 1.18. The number of hydrazone groups is 1. The molecule has 1 aromatic heterocycles. The van der Waals surface area contributed by atoms with Gasteiger partial charge in [0.2, 0.25) is 0 Å². The summed E-state index contributed by atoms with van der Waals surface area (Å²) in [6, 6.07) is 9.70. The number of hydrogen-bond acceptors (Lipinski definition) is 5. The van der Waals surface area contributed by atoms with Gasteiger partial charge in [-0.25, -0.2) is 0 Å². The van der Waals surface area contributed by atoms with Crippen molar-refractivity contribution in [3.63, 3.8) is 0 Å². The van der Waals surface area contributed by atoms with Crippen LogP contribution in [0.1, 0.15) is 18.5 Å². The van der Waals surface area contributed by atoms with Gasteiger partial charge in [-0.1, -0.05) is 6.07 Å². The molecule has 0 saturated carbocycles. The summed E-state index contributed by atoms with van der Waals surface area (Å²) < 4.78 is 0.